The first-order chi connectivity index (χ1) is 4.79. The van der Waals surface area contributed by atoms with Gasteiger partial charge in [0.1, 0.15) is 0 Å². The van der Waals surface area contributed by atoms with Crippen LogP contribution in [0.1, 0.15) is 0 Å². The molecule has 0 aromatic heterocycles. The van der Waals surface area contributed by atoms with E-state index in [-0.39, 0.29) is 0 Å². The lowest BCUT2D eigenvalue weighted by molar-refractivity contribution is 1.88. The second kappa shape index (κ2) is 2.79. The lowest BCUT2D eigenvalue weighted by atomic mass is 10.4. The van der Waals surface area contributed by atoms with E-state index in [0.29, 0.717) is 0 Å². The molecule has 0 aromatic rings. The average Bonchev–Trinajstić information content (AvgIpc) is 1.93. The molecule has 0 nitrogen and oxygen atoms in total. The van der Waals surface area contributed by atoms with Gasteiger partial charge in [-0.2, -0.15) is 0 Å². The van der Waals surface area contributed by atoms with Crippen molar-refractivity contribution in [2.24, 2.45) is 0 Å². The maximum Gasteiger partial charge on any atom is 0.0972 e. The van der Waals surface area contributed by atoms with Gasteiger partial charge < -0.3 is 0 Å². The normalized spacial score (nSPS) is 31.6. The third-order valence-electron chi connectivity index (χ3n) is 1.19. The van der Waals surface area contributed by atoms with E-state index in [9.17, 15) is 0 Å². The third kappa shape index (κ3) is 1.08. The van der Waals surface area contributed by atoms with Crippen molar-refractivity contribution in [2.45, 2.75) is 0 Å². The van der Waals surface area contributed by atoms with Crippen LogP contribution in [0.5, 0.6) is 0 Å². The Labute approximate surface area is 82.0 Å². The Morgan fingerprint density at radius 2 is 1.90 bits per heavy atom. The summed E-state index contributed by atoms with van der Waals surface area (Å²) in [5.74, 6) is 1.02. The van der Waals surface area contributed by atoms with Crippen LogP contribution in [0.15, 0.2) is 9.81 Å². The second-order valence-corrected chi connectivity index (χ2v) is 6.12. The van der Waals surface area contributed by atoms with E-state index in [0.717, 1.165) is 14.8 Å². The fourth-order valence-corrected chi connectivity index (χ4v) is 4.60. The van der Waals surface area contributed by atoms with E-state index in [2.05, 4.69) is 0 Å². The zero-order valence-electron chi connectivity index (χ0n) is 4.75. The fourth-order valence-electron chi connectivity index (χ4n) is 0.643. The monoisotopic (exact) mass is 222 g/mol. The van der Waals surface area contributed by atoms with Gasteiger partial charge in [-0.05, 0) is 21.6 Å². The summed E-state index contributed by atoms with van der Waals surface area (Å²) in [7, 11) is 3.41. The smallest absolute Gasteiger partial charge is 0.0972 e. The van der Waals surface area contributed by atoms with Crippen LogP contribution in [0.3, 0.4) is 0 Å². The zero-order chi connectivity index (χ0) is 7.14. The number of hydrogen-bond acceptors (Lipinski definition) is 5. The number of rotatable bonds is 0. The third-order valence-corrected chi connectivity index (χ3v) is 6.45. The molecule has 52 valence electrons. The maximum absolute atomic E-state index is 5.07. The van der Waals surface area contributed by atoms with Crippen LogP contribution in [-0.2, 0) is 0 Å². The van der Waals surface area contributed by atoms with E-state index >= 15 is 0 Å². The first-order valence-electron chi connectivity index (χ1n) is 2.58. The lowest BCUT2D eigenvalue weighted by Crippen LogP contribution is -2.17. The minimum atomic E-state index is 1.02. The molecule has 0 aromatic carbocycles. The number of hydrogen-bond donors (Lipinski definition) is 0. The van der Waals surface area contributed by atoms with Gasteiger partial charge in [-0.25, -0.2) is 0 Å². The highest BCUT2D eigenvalue weighted by atomic mass is 33.1. The van der Waals surface area contributed by atoms with Crippen LogP contribution in [0, 0.1) is 0 Å². The summed E-state index contributed by atoms with van der Waals surface area (Å²) < 4.78 is 1.02. The topological polar surface area (TPSA) is 0 Å². The highest BCUT2D eigenvalue weighted by Gasteiger charge is 2.30. The summed E-state index contributed by atoms with van der Waals surface area (Å²) in [4.78, 5) is 3.61. The van der Waals surface area contributed by atoms with Crippen molar-refractivity contribution >= 4 is 66.8 Å². The van der Waals surface area contributed by atoms with Crippen molar-refractivity contribution in [3.05, 3.63) is 9.81 Å². The molecule has 0 atom stereocenters. The van der Waals surface area contributed by atoms with Gasteiger partial charge in [0.25, 0.3) is 0 Å². The summed E-state index contributed by atoms with van der Waals surface area (Å²) >= 11 is 11.9. The molecular formula is C5H2S5. The molecule has 0 bridgehead atoms. The predicted molar refractivity (Wildman–Crippen MR) is 59.9 cm³/mol. The van der Waals surface area contributed by atoms with Gasteiger partial charge in [0.2, 0.25) is 0 Å². The number of allylic oxidation sites excluding steroid dienone is 1. The van der Waals surface area contributed by atoms with Crippen LogP contribution in [0.4, 0.5) is 0 Å². The Balaban J connectivity index is 2.28. The molecular weight excluding hydrogens is 220 g/mol. The Hall–Kier alpha value is 0.970. The van der Waals surface area contributed by atoms with Crippen molar-refractivity contribution < 1.29 is 0 Å². The van der Waals surface area contributed by atoms with Crippen molar-refractivity contribution in [3.63, 3.8) is 0 Å². The molecule has 2 saturated heterocycles. The summed E-state index contributed by atoms with van der Waals surface area (Å²) in [5.41, 5.74) is 0. The van der Waals surface area contributed by atoms with Gasteiger partial charge in [0.15, 0.2) is 0 Å². The highest BCUT2D eigenvalue weighted by molar-refractivity contribution is 8.90. The van der Waals surface area contributed by atoms with Crippen LogP contribution < -0.4 is 0 Å². The van der Waals surface area contributed by atoms with Crippen molar-refractivity contribution in [1.29, 1.82) is 0 Å². The number of thiocarbonyl (C=S) groups is 2. The molecule has 2 heterocycles. The van der Waals surface area contributed by atoms with E-state index in [4.69, 9.17) is 24.4 Å². The Bertz CT molecular complexity index is 225. The predicted octanol–water partition coefficient (Wildman–Crippen LogP) is 3.04. The molecule has 5 heteroatoms. The molecule has 2 aliphatic rings. The molecule has 2 aliphatic heterocycles. The first kappa shape index (κ1) is 7.61. The Kier molecular flexibility index (Phi) is 2.12. The molecule has 0 saturated carbocycles. The molecule has 0 N–H and O–H groups in total. The molecule has 0 amide bonds. The summed E-state index contributed by atoms with van der Waals surface area (Å²) in [6, 6.07) is 0. The second-order valence-electron chi connectivity index (χ2n) is 1.82. The van der Waals surface area contributed by atoms with E-state index in [1.807, 2.05) is 11.8 Å². The molecule has 0 unspecified atom stereocenters. The fraction of sp³-hybridized carbons (Fsp3) is 0.200. The van der Waals surface area contributed by atoms with Crippen molar-refractivity contribution in [1.82, 2.24) is 0 Å². The Morgan fingerprint density at radius 1 is 1.10 bits per heavy atom. The zero-order valence-corrected chi connectivity index (χ0v) is 8.83. The van der Waals surface area contributed by atoms with Gasteiger partial charge in [-0.3, -0.25) is 0 Å². The minimum absolute atomic E-state index is 1.02. The Morgan fingerprint density at radius 3 is 2.00 bits per heavy atom. The van der Waals surface area contributed by atoms with Gasteiger partial charge in [-0.1, -0.05) is 24.4 Å². The lowest BCUT2D eigenvalue weighted by Gasteiger charge is -2.26. The number of thioether (sulfide) groups is 1. The van der Waals surface area contributed by atoms with Crippen LogP contribution in [0.25, 0.3) is 0 Å². The van der Waals surface area contributed by atoms with Crippen molar-refractivity contribution in [3.8, 4) is 0 Å². The van der Waals surface area contributed by atoms with Gasteiger partial charge in [0.05, 0.1) is 9.10 Å². The SMILES string of the molecule is S=C1CS/C1=C1/SSC1=S. The minimum Gasteiger partial charge on any atom is -0.118 e. The summed E-state index contributed by atoms with van der Waals surface area (Å²) in [6.07, 6.45) is 0. The van der Waals surface area contributed by atoms with E-state index in [1.165, 1.54) is 9.81 Å². The van der Waals surface area contributed by atoms with Gasteiger partial charge in [-0.15, -0.1) is 11.8 Å². The molecule has 0 aliphatic carbocycles. The summed E-state index contributed by atoms with van der Waals surface area (Å²) in [6.45, 7) is 0. The quantitative estimate of drug-likeness (QED) is 0.350. The van der Waals surface area contributed by atoms with Crippen LogP contribution >= 0.6 is 57.8 Å². The maximum atomic E-state index is 5.07. The van der Waals surface area contributed by atoms with Gasteiger partial charge in [0, 0.05) is 15.5 Å². The molecule has 0 radical (unpaired) electrons. The first-order valence-corrected chi connectivity index (χ1v) is 6.53. The summed E-state index contributed by atoms with van der Waals surface area (Å²) in [5, 5.41) is 0. The van der Waals surface area contributed by atoms with E-state index in [1.54, 1.807) is 21.6 Å². The van der Waals surface area contributed by atoms with Crippen LogP contribution in [-0.4, -0.2) is 14.8 Å². The van der Waals surface area contributed by atoms with Crippen molar-refractivity contribution in [2.75, 3.05) is 5.75 Å². The van der Waals surface area contributed by atoms with E-state index < -0.39 is 0 Å². The molecule has 2 rings (SSSR count). The van der Waals surface area contributed by atoms with Gasteiger partial charge >= 0.3 is 0 Å². The highest BCUT2D eigenvalue weighted by Crippen LogP contribution is 2.53. The molecule has 0 spiro atoms. The average molecular weight is 222 g/mol. The largest absolute Gasteiger partial charge is 0.118 e. The molecule has 10 heavy (non-hydrogen) atoms. The molecule has 2 fully saturated rings. The van der Waals surface area contributed by atoms with Crippen LogP contribution in [0.2, 0.25) is 0 Å². The standard InChI is InChI=1S/C5H2S5/c6-2-1-8-3(2)4-5(7)10-9-4/h1H2/b4-3+.